The van der Waals surface area contributed by atoms with Crippen LogP contribution in [0.1, 0.15) is 35.1 Å². The molecule has 2 heterocycles. The van der Waals surface area contributed by atoms with Crippen LogP contribution in [0.2, 0.25) is 0 Å². The Balaban J connectivity index is 1.72. The molecule has 0 aliphatic heterocycles. The number of ketones is 1. The van der Waals surface area contributed by atoms with Crippen molar-refractivity contribution in [3.8, 4) is 23.0 Å². The van der Waals surface area contributed by atoms with Crippen LogP contribution in [0.3, 0.4) is 0 Å². The number of benzene rings is 1. The molecule has 0 amide bonds. The fourth-order valence-electron chi connectivity index (χ4n) is 2.80. The summed E-state index contributed by atoms with van der Waals surface area (Å²) in [5, 5.41) is 0. The highest BCUT2D eigenvalue weighted by atomic mass is 19.3. The van der Waals surface area contributed by atoms with Crippen molar-refractivity contribution >= 4 is 5.78 Å². The van der Waals surface area contributed by atoms with Gasteiger partial charge < -0.3 is 13.9 Å². The van der Waals surface area contributed by atoms with E-state index in [0.29, 0.717) is 30.0 Å². The molecule has 0 aliphatic carbocycles. The van der Waals surface area contributed by atoms with Gasteiger partial charge in [-0.1, -0.05) is 6.07 Å². The number of aromatic nitrogens is 2. The Morgan fingerprint density at radius 1 is 1.24 bits per heavy atom. The number of halogens is 2. The third-order valence-electron chi connectivity index (χ3n) is 4.14. The molecule has 6 nitrogen and oxygen atoms in total. The molecule has 2 aromatic heterocycles. The summed E-state index contributed by atoms with van der Waals surface area (Å²) in [4.78, 5) is 20.8. The predicted molar refractivity (Wildman–Crippen MR) is 101 cm³/mol. The zero-order valence-electron chi connectivity index (χ0n) is 16.0. The van der Waals surface area contributed by atoms with Crippen LogP contribution in [0, 0.1) is 6.92 Å². The van der Waals surface area contributed by atoms with Crippen molar-refractivity contribution in [1.29, 1.82) is 0 Å². The molecule has 0 unspecified atom stereocenters. The van der Waals surface area contributed by atoms with Gasteiger partial charge in [0.25, 0.3) is 0 Å². The van der Waals surface area contributed by atoms with E-state index in [0.717, 1.165) is 5.56 Å². The molecule has 3 rings (SSSR count). The van der Waals surface area contributed by atoms with E-state index in [1.165, 1.54) is 18.4 Å². The first-order valence-electron chi connectivity index (χ1n) is 9.09. The van der Waals surface area contributed by atoms with Crippen molar-refractivity contribution in [2.24, 2.45) is 0 Å². The zero-order chi connectivity index (χ0) is 20.8. The predicted octanol–water partition coefficient (Wildman–Crippen LogP) is 4.86. The van der Waals surface area contributed by atoms with Gasteiger partial charge in [0.2, 0.25) is 5.89 Å². The van der Waals surface area contributed by atoms with Crippen LogP contribution in [-0.4, -0.2) is 29.0 Å². The zero-order valence-corrected chi connectivity index (χ0v) is 16.0. The van der Waals surface area contributed by atoms with E-state index in [9.17, 15) is 13.6 Å². The number of oxazole rings is 1. The minimum atomic E-state index is -2.98. The molecule has 8 heteroatoms. The Morgan fingerprint density at radius 2 is 2.07 bits per heavy atom. The average molecular weight is 402 g/mol. The molecule has 152 valence electrons. The van der Waals surface area contributed by atoms with Gasteiger partial charge in [-0.3, -0.25) is 9.78 Å². The highest BCUT2D eigenvalue weighted by Crippen LogP contribution is 2.33. The van der Waals surface area contributed by atoms with Crippen molar-refractivity contribution in [2.45, 2.75) is 33.3 Å². The maximum absolute atomic E-state index is 12.7. The Morgan fingerprint density at radius 3 is 2.79 bits per heavy atom. The Labute approximate surface area is 166 Å². The molecule has 0 aliphatic rings. The molecule has 0 N–H and O–H groups in total. The van der Waals surface area contributed by atoms with Gasteiger partial charge >= 0.3 is 6.61 Å². The largest absolute Gasteiger partial charge is 0.490 e. The van der Waals surface area contributed by atoms with Crippen molar-refractivity contribution in [2.75, 3.05) is 6.61 Å². The molecule has 0 saturated heterocycles. The summed E-state index contributed by atoms with van der Waals surface area (Å²) in [6.07, 6.45) is 3.63. The lowest BCUT2D eigenvalue weighted by Gasteiger charge is -2.11. The molecule has 0 bridgehead atoms. The number of hydrogen-bond acceptors (Lipinski definition) is 6. The number of rotatable bonds is 9. The minimum absolute atomic E-state index is 0.0821. The monoisotopic (exact) mass is 402 g/mol. The van der Waals surface area contributed by atoms with Crippen molar-refractivity contribution < 1.29 is 27.5 Å². The Kier molecular flexibility index (Phi) is 6.54. The van der Waals surface area contributed by atoms with E-state index in [4.69, 9.17) is 9.15 Å². The van der Waals surface area contributed by atoms with Crippen LogP contribution in [-0.2, 0) is 6.42 Å². The van der Waals surface area contributed by atoms with E-state index in [1.54, 1.807) is 25.3 Å². The first kappa shape index (κ1) is 20.4. The van der Waals surface area contributed by atoms with E-state index >= 15 is 0 Å². The first-order chi connectivity index (χ1) is 14.0. The van der Waals surface area contributed by atoms with Crippen LogP contribution >= 0.6 is 0 Å². The highest BCUT2D eigenvalue weighted by molar-refractivity contribution is 5.95. The van der Waals surface area contributed by atoms with E-state index in [1.807, 2.05) is 13.0 Å². The first-order valence-corrected chi connectivity index (χ1v) is 9.09. The van der Waals surface area contributed by atoms with Crippen LogP contribution in [0.25, 0.3) is 11.5 Å². The van der Waals surface area contributed by atoms with Gasteiger partial charge in [-0.15, -0.1) is 0 Å². The number of carbonyl (C=O) groups excluding carboxylic acids is 1. The summed E-state index contributed by atoms with van der Waals surface area (Å²) in [6, 6.07) is 8.16. The van der Waals surface area contributed by atoms with E-state index < -0.39 is 6.61 Å². The number of hydrogen-bond donors (Lipinski definition) is 0. The third-order valence-corrected chi connectivity index (χ3v) is 4.14. The molecule has 0 spiro atoms. The molecular weight excluding hydrogens is 382 g/mol. The van der Waals surface area contributed by atoms with Crippen molar-refractivity contribution in [1.82, 2.24) is 9.97 Å². The molecule has 0 saturated carbocycles. The van der Waals surface area contributed by atoms with Gasteiger partial charge in [0.05, 0.1) is 12.3 Å². The lowest BCUT2D eigenvalue weighted by Crippen LogP contribution is -2.06. The van der Waals surface area contributed by atoms with Gasteiger partial charge in [-0.2, -0.15) is 8.78 Å². The Bertz CT molecular complexity index is 988. The molecule has 0 atom stereocenters. The van der Waals surface area contributed by atoms with Gasteiger partial charge in [0.15, 0.2) is 17.3 Å². The number of ether oxygens (including phenoxy) is 2. The topological polar surface area (TPSA) is 74.5 Å². The van der Waals surface area contributed by atoms with E-state index in [-0.39, 0.29) is 29.6 Å². The van der Waals surface area contributed by atoms with Gasteiger partial charge in [-0.25, -0.2) is 4.98 Å². The normalized spacial score (nSPS) is 10.9. The van der Waals surface area contributed by atoms with Gasteiger partial charge in [0.1, 0.15) is 12.0 Å². The van der Waals surface area contributed by atoms with Crippen LogP contribution in [0.15, 0.2) is 47.2 Å². The maximum Gasteiger partial charge on any atom is 0.387 e. The van der Waals surface area contributed by atoms with E-state index in [2.05, 4.69) is 14.7 Å². The van der Waals surface area contributed by atoms with Crippen LogP contribution < -0.4 is 9.47 Å². The quantitative estimate of drug-likeness (QED) is 0.476. The molecule has 1 aromatic carbocycles. The van der Waals surface area contributed by atoms with Crippen LogP contribution in [0.5, 0.6) is 11.5 Å². The Hall–Kier alpha value is -3.29. The second kappa shape index (κ2) is 9.27. The fraction of sp³-hybridized carbons (Fsp3) is 0.286. The number of carbonyl (C=O) groups is 1. The van der Waals surface area contributed by atoms with Crippen molar-refractivity contribution in [3.63, 3.8) is 0 Å². The number of alkyl halides is 2. The number of pyridine rings is 1. The standard InChI is InChI=1S/C21H20F2N2O4/c1-3-27-17-9-6-14(11-18(17)29-21(22)23)20-25-15(12-28-20)7-8-16(26)19-13(2)5-4-10-24-19/h4-6,9-12,21H,3,7-8H2,1-2H3. The molecule has 29 heavy (non-hydrogen) atoms. The molecule has 3 aromatic rings. The fourth-order valence-corrected chi connectivity index (χ4v) is 2.80. The summed E-state index contributed by atoms with van der Waals surface area (Å²) < 4.78 is 40.6. The van der Waals surface area contributed by atoms with Crippen LogP contribution in [0.4, 0.5) is 8.78 Å². The summed E-state index contributed by atoms with van der Waals surface area (Å²) in [6.45, 7) is 0.907. The van der Waals surface area contributed by atoms with Crippen molar-refractivity contribution in [3.05, 3.63) is 59.7 Å². The minimum Gasteiger partial charge on any atom is -0.490 e. The SMILES string of the molecule is CCOc1ccc(-c2nc(CCC(=O)c3ncccc3C)co2)cc1OC(F)F. The maximum atomic E-state index is 12.7. The van der Waals surface area contributed by atoms with Gasteiger partial charge in [0, 0.05) is 24.6 Å². The second-order valence-corrected chi connectivity index (χ2v) is 6.21. The molecule has 0 fully saturated rings. The molecule has 0 radical (unpaired) electrons. The highest BCUT2D eigenvalue weighted by Gasteiger charge is 2.16. The van der Waals surface area contributed by atoms with Gasteiger partial charge in [-0.05, 0) is 43.7 Å². The summed E-state index contributed by atoms with van der Waals surface area (Å²) in [5.74, 6) is 0.268. The average Bonchev–Trinajstić information content (AvgIpc) is 3.16. The lowest BCUT2D eigenvalue weighted by atomic mass is 10.1. The molecular formula is C21H20F2N2O4. The lowest BCUT2D eigenvalue weighted by molar-refractivity contribution is -0.0514. The second-order valence-electron chi connectivity index (χ2n) is 6.21. The number of nitrogens with zero attached hydrogens (tertiary/aromatic N) is 2. The summed E-state index contributed by atoms with van der Waals surface area (Å²) in [7, 11) is 0. The number of Topliss-reactive ketones (excluding diaryl/α,β-unsaturated/α-hetero) is 1. The number of aryl methyl sites for hydroxylation is 2. The summed E-state index contributed by atoms with van der Waals surface area (Å²) in [5.41, 5.74) is 2.30. The summed E-state index contributed by atoms with van der Waals surface area (Å²) >= 11 is 0. The third kappa shape index (κ3) is 5.16. The smallest absolute Gasteiger partial charge is 0.387 e.